The predicted octanol–water partition coefficient (Wildman–Crippen LogP) is 5.69. The normalized spacial score (nSPS) is 11.7. The molecule has 0 atom stereocenters. The number of fused-ring (bicyclic) bond motifs is 1. The molecule has 2 aromatic heterocycles. The molecule has 2 heterocycles. The van der Waals surface area contributed by atoms with Crippen molar-refractivity contribution in [3.8, 4) is 11.1 Å². The Morgan fingerprint density at radius 1 is 1.13 bits per heavy atom. The van der Waals surface area contributed by atoms with Crippen LogP contribution in [-0.4, -0.2) is 15.8 Å². The van der Waals surface area contributed by atoms with Crippen LogP contribution in [0.1, 0.15) is 27.0 Å². The second kappa shape index (κ2) is 7.53. The number of hydrogen-bond acceptors (Lipinski definition) is 5. The summed E-state index contributed by atoms with van der Waals surface area (Å²) in [4.78, 5) is 22.1. The average Bonchev–Trinajstić information content (AvgIpc) is 3.07. The van der Waals surface area contributed by atoms with Gasteiger partial charge in [-0.15, -0.1) is 0 Å². The van der Waals surface area contributed by atoms with Crippen LogP contribution in [0.5, 0.6) is 0 Å². The second-order valence-electron chi connectivity index (χ2n) is 6.93. The highest BCUT2D eigenvalue weighted by Gasteiger charge is 2.30. The minimum Gasteiger partial charge on any atom is -0.375 e. The van der Waals surface area contributed by atoms with Gasteiger partial charge < -0.3 is 5.73 Å². The van der Waals surface area contributed by atoms with E-state index in [-0.39, 0.29) is 12.2 Å². The van der Waals surface area contributed by atoms with Gasteiger partial charge in [0.05, 0.1) is 5.56 Å². The Morgan fingerprint density at radius 3 is 2.70 bits per heavy atom. The van der Waals surface area contributed by atoms with E-state index in [2.05, 4.69) is 9.97 Å². The van der Waals surface area contributed by atoms with E-state index in [0.717, 1.165) is 33.7 Å². The summed E-state index contributed by atoms with van der Waals surface area (Å²) in [5, 5.41) is 0.427. The lowest BCUT2D eigenvalue weighted by molar-refractivity contribution is -0.137. The van der Waals surface area contributed by atoms with Crippen LogP contribution in [0.2, 0.25) is 0 Å². The molecular weight excluding hydrogens is 411 g/mol. The quantitative estimate of drug-likeness (QED) is 0.425. The number of ketones is 1. The van der Waals surface area contributed by atoms with Gasteiger partial charge in [0.1, 0.15) is 10.3 Å². The zero-order valence-corrected chi connectivity index (χ0v) is 16.6. The van der Waals surface area contributed by atoms with Crippen molar-refractivity contribution in [2.75, 3.05) is 5.73 Å². The van der Waals surface area contributed by atoms with Crippen molar-refractivity contribution < 1.29 is 18.0 Å². The SMILES string of the molecule is Cc1ccc(C(=O)Cc2cccc(C(F)(F)F)c2)cc1-c1cnc2sc(N)nc2c1. The Bertz CT molecular complexity index is 1260. The number of thiazole rings is 1. The number of aryl methyl sites for hydroxylation is 1. The van der Waals surface area contributed by atoms with Crippen molar-refractivity contribution in [2.45, 2.75) is 19.5 Å². The fourth-order valence-corrected chi connectivity index (χ4v) is 3.90. The van der Waals surface area contributed by atoms with Crippen molar-refractivity contribution in [2.24, 2.45) is 0 Å². The van der Waals surface area contributed by atoms with Gasteiger partial charge in [-0.05, 0) is 41.8 Å². The summed E-state index contributed by atoms with van der Waals surface area (Å²) in [6, 6.07) is 11.9. The zero-order chi connectivity index (χ0) is 21.5. The number of anilines is 1. The van der Waals surface area contributed by atoms with E-state index in [1.807, 2.05) is 19.1 Å². The Morgan fingerprint density at radius 2 is 1.93 bits per heavy atom. The number of alkyl halides is 3. The number of carbonyl (C=O) groups is 1. The molecule has 0 saturated carbocycles. The molecule has 0 bridgehead atoms. The molecule has 0 spiro atoms. The Labute approximate surface area is 174 Å². The Kier molecular flexibility index (Phi) is 5.03. The monoisotopic (exact) mass is 427 g/mol. The van der Waals surface area contributed by atoms with Crippen LogP contribution in [0, 0.1) is 6.92 Å². The number of Topliss-reactive ketones (excluding diaryl/α,β-unsaturated/α-hetero) is 1. The number of nitrogens with two attached hydrogens (primary N) is 1. The van der Waals surface area contributed by atoms with E-state index in [4.69, 9.17) is 5.73 Å². The molecule has 152 valence electrons. The summed E-state index contributed by atoms with van der Waals surface area (Å²) >= 11 is 1.29. The fraction of sp³-hybridized carbons (Fsp3) is 0.136. The molecule has 4 rings (SSSR count). The molecular formula is C22H16F3N3OS. The lowest BCUT2D eigenvalue weighted by Gasteiger charge is -2.10. The first kappa shape index (κ1) is 20.0. The van der Waals surface area contributed by atoms with Crippen LogP contribution < -0.4 is 5.73 Å². The van der Waals surface area contributed by atoms with Gasteiger partial charge in [0.15, 0.2) is 10.9 Å². The molecule has 2 N–H and O–H groups in total. The largest absolute Gasteiger partial charge is 0.416 e. The summed E-state index contributed by atoms with van der Waals surface area (Å²) < 4.78 is 38.8. The first-order valence-electron chi connectivity index (χ1n) is 9.03. The molecule has 2 aromatic carbocycles. The summed E-state index contributed by atoms with van der Waals surface area (Å²) in [5.74, 6) is -0.262. The first-order chi connectivity index (χ1) is 14.2. The highest BCUT2D eigenvalue weighted by atomic mass is 32.1. The fourth-order valence-electron chi connectivity index (χ4n) is 3.24. The van der Waals surface area contributed by atoms with Gasteiger partial charge in [-0.1, -0.05) is 41.7 Å². The van der Waals surface area contributed by atoms with Gasteiger partial charge in [-0.3, -0.25) is 4.79 Å². The lowest BCUT2D eigenvalue weighted by Crippen LogP contribution is -2.08. The number of benzene rings is 2. The van der Waals surface area contributed by atoms with Gasteiger partial charge in [0.25, 0.3) is 0 Å². The van der Waals surface area contributed by atoms with Crippen LogP contribution in [0.15, 0.2) is 54.7 Å². The highest BCUT2D eigenvalue weighted by Crippen LogP contribution is 2.31. The molecule has 0 unspecified atom stereocenters. The van der Waals surface area contributed by atoms with Gasteiger partial charge in [-0.2, -0.15) is 13.2 Å². The van der Waals surface area contributed by atoms with E-state index in [1.54, 1.807) is 18.3 Å². The van der Waals surface area contributed by atoms with Crippen molar-refractivity contribution in [1.82, 2.24) is 9.97 Å². The Balaban J connectivity index is 1.64. The minimum atomic E-state index is -4.44. The van der Waals surface area contributed by atoms with Crippen LogP contribution >= 0.6 is 11.3 Å². The number of halogens is 3. The van der Waals surface area contributed by atoms with Crippen molar-refractivity contribution in [1.29, 1.82) is 0 Å². The Hall–Kier alpha value is -3.26. The first-order valence-corrected chi connectivity index (χ1v) is 9.85. The highest BCUT2D eigenvalue weighted by molar-refractivity contribution is 7.21. The summed E-state index contributed by atoms with van der Waals surface area (Å²) in [5.41, 5.74) is 8.93. The number of aromatic nitrogens is 2. The topological polar surface area (TPSA) is 68.9 Å². The third kappa shape index (κ3) is 4.04. The smallest absolute Gasteiger partial charge is 0.375 e. The maximum atomic E-state index is 12.9. The average molecular weight is 427 g/mol. The van der Waals surface area contributed by atoms with E-state index >= 15 is 0 Å². The molecule has 0 aliphatic heterocycles. The number of nitrogens with zero attached hydrogens (tertiary/aromatic N) is 2. The summed E-state index contributed by atoms with van der Waals surface area (Å²) in [6.45, 7) is 1.91. The zero-order valence-electron chi connectivity index (χ0n) is 15.8. The van der Waals surface area contributed by atoms with Crippen molar-refractivity contribution in [3.63, 3.8) is 0 Å². The molecule has 30 heavy (non-hydrogen) atoms. The van der Waals surface area contributed by atoms with E-state index in [9.17, 15) is 18.0 Å². The van der Waals surface area contributed by atoms with Gasteiger partial charge in [0, 0.05) is 23.7 Å². The molecule has 0 radical (unpaired) electrons. The lowest BCUT2D eigenvalue weighted by atomic mass is 9.95. The van der Waals surface area contributed by atoms with E-state index < -0.39 is 11.7 Å². The minimum absolute atomic E-state index is 0.119. The van der Waals surface area contributed by atoms with Gasteiger partial charge >= 0.3 is 6.18 Å². The maximum absolute atomic E-state index is 12.9. The third-order valence-corrected chi connectivity index (χ3v) is 5.56. The molecule has 0 aliphatic rings. The van der Waals surface area contributed by atoms with Crippen LogP contribution in [0.25, 0.3) is 21.5 Å². The molecule has 0 amide bonds. The van der Waals surface area contributed by atoms with Crippen LogP contribution in [-0.2, 0) is 12.6 Å². The number of rotatable bonds is 4. The van der Waals surface area contributed by atoms with Crippen LogP contribution in [0.4, 0.5) is 18.3 Å². The predicted molar refractivity (Wildman–Crippen MR) is 111 cm³/mol. The van der Waals surface area contributed by atoms with Gasteiger partial charge in [0.2, 0.25) is 0 Å². The van der Waals surface area contributed by atoms with Crippen molar-refractivity contribution >= 4 is 32.6 Å². The van der Waals surface area contributed by atoms with Crippen molar-refractivity contribution in [3.05, 3.63) is 77.0 Å². The number of nitrogen functional groups attached to an aromatic ring is 1. The van der Waals surface area contributed by atoms with Crippen LogP contribution in [0.3, 0.4) is 0 Å². The third-order valence-electron chi connectivity index (χ3n) is 4.75. The standard InChI is InChI=1S/C22H16F3N3OS/c1-12-5-6-14(19(29)8-13-3-2-4-16(7-13)22(23,24)25)9-17(12)15-10-18-20(27-11-15)30-21(26)28-18/h2-7,9-11H,8H2,1H3,(H2,26,28). The summed E-state index contributed by atoms with van der Waals surface area (Å²) in [7, 11) is 0. The molecule has 0 fully saturated rings. The number of carbonyl (C=O) groups excluding carboxylic acids is 1. The molecule has 4 aromatic rings. The molecule has 4 nitrogen and oxygen atoms in total. The molecule has 0 saturated heterocycles. The van der Waals surface area contributed by atoms with E-state index in [0.29, 0.717) is 21.8 Å². The van der Waals surface area contributed by atoms with E-state index in [1.165, 1.54) is 23.5 Å². The maximum Gasteiger partial charge on any atom is 0.416 e. The summed E-state index contributed by atoms with van der Waals surface area (Å²) in [6.07, 6.45) is -2.86. The molecule has 0 aliphatic carbocycles. The number of pyridine rings is 1. The van der Waals surface area contributed by atoms with Gasteiger partial charge in [-0.25, -0.2) is 9.97 Å². The number of hydrogen-bond donors (Lipinski definition) is 1. The molecule has 8 heteroatoms. The second-order valence-corrected chi connectivity index (χ2v) is 7.94.